The van der Waals surface area contributed by atoms with Crippen molar-refractivity contribution < 1.29 is 4.74 Å². The van der Waals surface area contributed by atoms with Crippen molar-refractivity contribution in [2.24, 2.45) is 0 Å². The lowest BCUT2D eigenvalue weighted by molar-refractivity contribution is 0.213. The van der Waals surface area contributed by atoms with Crippen molar-refractivity contribution in [3.8, 4) is 5.75 Å². The van der Waals surface area contributed by atoms with E-state index in [1.807, 2.05) is 18.2 Å². The third-order valence-electron chi connectivity index (χ3n) is 4.92. The highest BCUT2D eigenvalue weighted by Crippen LogP contribution is 2.23. The van der Waals surface area contributed by atoms with Crippen LogP contribution in [0, 0.1) is 0 Å². The van der Waals surface area contributed by atoms with Crippen LogP contribution in [0.25, 0.3) is 0 Å². The van der Waals surface area contributed by atoms with E-state index in [9.17, 15) is 0 Å². The lowest BCUT2D eigenvalue weighted by Gasteiger charge is -2.27. The lowest BCUT2D eigenvalue weighted by Crippen LogP contribution is -2.30. The average Bonchev–Trinajstić information content (AvgIpc) is 2.91. The number of rotatable bonds is 6. The molecule has 0 radical (unpaired) electrons. The third kappa shape index (κ3) is 5.07. The second-order valence-electron chi connectivity index (χ2n) is 6.81. The molecular weight excluding hydrogens is 296 g/mol. The van der Waals surface area contributed by atoms with Crippen molar-refractivity contribution in [3.63, 3.8) is 0 Å². The summed E-state index contributed by atoms with van der Waals surface area (Å²) in [7, 11) is 2.27. The van der Waals surface area contributed by atoms with Gasteiger partial charge in [0.05, 0.1) is 5.69 Å². The van der Waals surface area contributed by atoms with E-state index >= 15 is 0 Å². The van der Waals surface area contributed by atoms with Gasteiger partial charge in [0, 0.05) is 18.8 Å². The Kier molecular flexibility index (Phi) is 6.25. The summed E-state index contributed by atoms with van der Waals surface area (Å²) in [6.45, 7) is 1.54. The van der Waals surface area contributed by atoms with Gasteiger partial charge < -0.3 is 4.74 Å². The Bertz CT molecular complexity index is 589. The molecule has 24 heavy (non-hydrogen) atoms. The number of hydrogen-bond acceptors (Lipinski definition) is 3. The Morgan fingerprint density at radius 3 is 2.42 bits per heavy atom. The fraction of sp³-hybridized carbons (Fsp3) is 0.476. The quantitative estimate of drug-likeness (QED) is 0.713. The van der Waals surface area contributed by atoms with Gasteiger partial charge in [0.25, 0.3) is 0 Å². The first-order chi connectivity index (χ1) is 11.8. The van der Waals surface area contributed by atoms with Crippen LogP contribution in [0.2, 0.25) is 0 Å². The Labute approximate surface area is 145 Å². The van der Waals surface area contributed by atoms with Gasteiger partial charge in [-0.3, -0.25) is 9.88 Å². The molecule has 0 N–H and O–H groups in total. The summed E-state index contributed by atoms with van der Waals surface area (Å²) >= 11 is 0. The van der Waals surface area contributed by atoms with E-state index in [2.05, 4.69) is 41.2 Å². The molecule has 1 aromatic heterocycles. The Balaban J connectivity index is 1.50. The maximum absolute atomic E-state index is 5.81. The summed E-state index contributed by atoms with van der Waals surface area (Å²) in [5, 5.41) is 0. The van der Waals surface area contributed by atoms with Crippen molar-refractivity contribution >= 4 is 0 Å². The SMILES string of the molecule is CN(Cc1ccc(OCc2ccccn2)cc1)C1CCCCCC1. The fourth-order valence-electron chi connectivity index (χ4n) is 3.45. The standard InChI is InChI=1S/C21H28N2O/c1-23(20-9-4-2-3-5-10-20)16-18-11-13-21(14-12-18)24-17-19-8-6-7-15-22-19/h6-8,11-15,20H,2-5,9-10,16-17H2,1H3. The molecule has 0 amide bonds. The summed E-state index contributed by atoms with van der Waals surface area (Å²) in [6.07, 6.45) is 10.1. The molecule has 128 valence electrons. The van der Waals surface area contributed by atoms with E-state index in [1.165, 1.54) is 44.1 Å². The van der Waals surface area contributed by atoms with Crippen molar-refractivity contribution in [1.29, 1.82) is 0 Å². The molecule has 1 fully saturated rings. The van der Waals surface area contributed by atoms with Crippen LogP contribution in [0.15, 0.2) is 48.7 Å². The molecule has 1 aromatic carbocycles. The predicted octanol–water partition coefficient (Wildman–Crippen LogP) is 4.82. The first-order valence-corrected chi connectivity index (χ1v) is 9.13. The topological polar surface area (TPSA) is 25.4 Å². The van der Waals surface area contributed by atoms with Gasteiger partial charge >= 0.3 is 0 Å². The predicted molar refractivity (Wildman–Crippen MR) is 98.0 cm³/mol. The lowest BCUT2D eigenvalue weighted by atomic mass is 10.1. The van der Waals surface area contributed by atoms with Crippen LogP contribution >= 0.6 is 0 Å². The molecule has 1 aliphatic rings. The molecule has 0 bridgehead atoms. The van der Waals surface area contributed by atoms with Gasteiger partial charge in [-0.2, -0.15) is 0 Å². The summed E-state index contributed by atoms with van der Waals surface area (Å²) in [5.41, 5.74) is 2.31. The molecule has 0 saturated heterocycles. The van der Waals surface area contributed by atoms with E-state index in [0.29, 0.717) is 6.61 Å². The Morgan fingerprint density at radius 2 is 1.75 bits per heavy atom. The van der Waals surface area contributed by atoms with E-state index in [1.54, 1.807) is 6.20 Å². The molecule has 1 saturated carbocycles. The molecule has 1 aliphatic carbocycles. The highest BCUT2D eigenvalue weighted by molar-refractivity contribution is 5.27. The van der Waals surface area contributed by atoms with Crippen LogP contribution in [0.1, 0.15) is 49.8 Å². The smallest absolute Gasteiger partial charge is 0.130 e. The van der Waals surface area contributed by atoms with Gasteiger partial charge in [-0.25, -0.2) is 0 Å². The molecule has 0 spiro atoms. The number of benzene rings is 1. The minimum Gasteiger partial charge on any atom is -0.487 e. The minimum absolute atomic E-state index is 0.516. The largest absolute Gasteiger partial charge is 0.487 e. The summed E-state index contributed by atoms with van der Waals surface area (Å²) in [6, 6.07) is 15.1. The molecule has 2 aromatic rings. The first-order valence-electron chi connectivity index (χ1n) is 9.13. The van der Waals surface area contributed by atoms with Crippen LogP contribution in [-0.2, 0) is 13.2 Å². The molecule has 0 atom stereocenters. The monoisotopic (exact) mass is 324 g/mol. The first kappa shape index (κ1) is 17.0. The Morgan fingerprint density at radius 1 is 1.00 bits per heavy atom. The minimum atomic E-state index is 0.516. The van der Waals surface area contributed by atoms with Crippen molar-refractivity contribution in [3.05, 3.63) is 59.9 Å². The van der Waals surface area contributed by atoms with Crippen LogP contribution in [0.3, 0.4) is 0 Å². The normalized spacial score (nSPS) is 16.1. The van der Waals surface area contributed by atoms with Gasteiger partial charge in [0.2, 0.25) is 0 Å². The fourth-order valence-corrected chi connectivity index (χ4v) is 3.45. The highest BCUT2D eigenvalue weighted by atomic mass is 16.5. The van der Waals surface area contributed by atoms with E-state index < -0.39 is 0 Å². The van der Waals surface area contributed by atoms with E-state index in [-0.39, 0.29) is 0 Å². The number of nitrogens with zero attached hydrogens (tertiary/aromatic N) is 2. The number of ether oxygens (including phenoxy) is 1. The molecule has 3 rings (SSSR count). The molecule has 1 heterocycles. The molecule has 3 nitrogen and oxygen atoms in total. The van der Waals surface area contributed by atoms with Gasteiger partial charge in [-0.05, 0) is 49.7 Å². The Hall–Kier alpha value is -1.87. The molecule has 0 aliphatic heterocycles. The van der Waals surface area contributed by atoms with Crippen LogP contribution in [0.4, 0.5) is 0 Å². The maximum Gasteiger partial charge on any atom is 0.130 e. The summed E-state index contributed by atoms with van der Waals surface area (Å²) in [4.78, 5) is 6.80. The van der Waals surface area contributed by atoms with Crippen LogP contribution < -0.4 is 4.74 Å². The van der Waals surface area contributed by atoms with Gasteiger partial charge in [0.1, 0.15) is 12.4 Å². The third-order valence-corrected chi connectivity index (χ3v) is 4.92. The van der Waals surface area contributed by atoms with E-state index in [4.69, 9.17) is 4.74 Å². The van der Waals surface area contributed by atoms with Gasteiger partial charge in [0.15, 0.2) is 0 Å². The van der Waals surface area contributed by atoms with Gasteiger partial charge in [-0.15, -0.1) is 0 Å². The summed E-state index contributed by atoms with van der Waals surface area (Å²) < 4.78 is 5.81. The highest BCUT2D eigenvalue weighted by Gasteiger charge is 2.16. The van der Waals surface area contributed by atoms with Crippen molar-refractivity contribution in [2.75, 3.05) is 7.05 Å². The second-order valence-corrected chi connectivity index (χ2v) is 6.81. The number of hydrogen-bond donors (Lipinski definition) is 0. The zero-order valence-corrected chi connectivity index (χ0v) is 14.7. The average molecular weight is 324 g/mol. The van der Waals surface area contributed by atoms with E-state index in [0.717, 1.165) is 24.0 Å². The van der Waals surface area contributed by atoms with Crippen molar-refractivity contribution in [1.82, 2.24) is 9.88 Å². The second kappa shape index (κ2) is 8.84. The van der Waals surface area contributed by atoms with Crippen LogP contribution in [-0.4, -0.2) is 23.0 Å². The zero-order chi connectivity index (χ0) is 16.6. The molecule has 3 heteroatoms. The summed E-state index contributed by atoms with van der Waals surface area (Å²) in [5.74, 6) is 0.904. The number of aromatic nitrogens is 1. The van der Waals surface area contributed by atoms with Gasteiger partial charge in [-0.1, -0.05) is 43.9 Å². The van der Waals surface area contributed by atoms with Crippen LogP contribution in [0.5, 0.6) is 5.75 Å². The molecule has 0 unspecified atom stereocenters. The molecular formula is C21H28N2O. The number of pyridine rings is 1. The maximum atomic E-state index is 5.81. The zero-order valence-electron chi connectivity index (χ0n) is 14.7. The van der Waals surface area contributed by atoms with Crippen molar-refractivity contribution in [2.45, 2.75) is 57.7 Å².